The van der Waals surface area contributed by atoms with E-state index < -0.39 is 0 Å². The van der Waals surface area contributed by atoms with Crippen LogP contribution in [0.2, 0.25) is 0 Å². The molecule has 78 valence electrons. The minimum absolute atomic E-state index is 0.0223. The van der Waals surface area contributed by atoms with E-state index in [1.54, 1.807) is 0 Å². The van der Waals surface area contributed by atoms with Crippen LogP contribution < -0.4 is 5.73 Å². The van der Waals surface area contributed by atoms with Crippen LogP contribution in [0.3, 0.4) is 0 Å². The van der Waals surface area contributed by atoms with Crippen LogP contribution in [0.4, 0.5) is 0 Å². The van der Waals surface area contributed by atoms with Crippen molar-refractivity contribution in [2.24, 2.45) is 5.73 Å². The number of aryl methyl sites for hydroxylation is 3. The number of hydrogen-bond acceptors (Lipinski definition) is 1. The molecule has 0 bridgehead atoms. The molecule has 0 aromatic heterocycles. The highest BCUT2D eigenvalue weighted by molar-refractivity contribution is 5.83. The van der Waals surface area contributed by atoms with Crippen LogP contribution >= 0.6 is 0 Å². The molecule has 2 aliphatic rings. The number of benzene rings is 1. The maximum atomic E-state index is 11.3. The van der Waals surface area contributed by atoms with E-state index in [1.165, 1.54) is 41.5 Å². The molecule has 0 unspecified atom stereocenters. The first kappa shape index (κ1) is 8.96. The molecule has 0 radical (unpaired) electrons. The van der Waals surface area contributed by atoms with E-state index in [0.29, 0.717) is 0 Å². The normalized spacial score (nSPS) is 22.5. The van der Waals surface area contributed by atoms with E-state index in [1.807, 2.05) is 0 Å². The van der Waals surface area contributed by atoms with Gasteiger partial charge in [-0.05, 0) is 54.4 Å². The molecule has 15 heavy (non-hydrogen) atoms. The first-order chi connectivity index (χ1) is 7.25. The number of amides is 1. The van der Waals surface area contributed by atoms with Crippen molar-refractivity contribution >= 4 is 5.91 Å². The fourth-order valence-corrected chi connectivity index (χ4v) is 2.99. The molecule has 1 aromatic carbocycles. The van der Waals surface area contributed by atoms with Gasteiger partial charge in [-0.25, -0.2) is 0 Å². The molecular weight excluding hydrogens is 186 g/mol. The Hall–Kier alpha value is -1.31. The largest absolute Gasteiger partial charge is 0.369 e. The van der Waals surface area contributed by atoms with E-state index >= 15 is 0 Å². The summed E-state index contributed by atoms with van der Waals surface area (Å²) in [7, 11) is 0. The summed E-state index contributed by atoms with van der Waals surface area (Å²) in [6.07, 6.45) is 5.58. The van der Waals surface area contributed by atoms with Gasteiger partial charge in [0.15, 0.2) is 0 Å². The van der Waals surface area contributed by atoms with Crippen molar-refractivity contribution < 1.29 is 4.79 Å². The third-order valence-corrected chi connectivity index (χ3v) is 3.77. The lowest BCUT2D eigenvalue weighted by atomic mass is 9.96. The van der Waals surface area contributed by atoms with Gasteiger partial charge in [0.05, 0.1) is 5.92 Å². The smallest absolute Gasteiger partial charge is 0.224 e. The summed E-state index contributed by atoms with van der Waals surface area (Å²) in [6.45, 7) is 0. The van der Waals surface area contributed by atoms with Crippen LogP contribution in [-0.2, 0) is 24.1 Å². The molecule has 0 fully saturated rings. The van der Waals surface area contributed by atoms with Crippen molar-refractivity contribution in [1.82, 2.24) is 0 Å². The predicted octanol–water partition coefficient (Wildman–Crippen LogP) is 1.69. The third-order valence-electron chi connectivity index (χ3n) is 3.77. The number of hydrogen-bond donors (Lipinski definition) is 1. The second kappa shape index (κ2) is 3.09. The molecule has 0 aliphatic heterocycles. The Bertz CT molecular complexity index is 436. The number of nitrogens with two attached hydrogens (primary N) is 1. The summed E-state index contributed by atoms with van der Waals surface area (Å²) in [5.41, 5.74) is 10.9. The van der Waals surface area contributed by atoms with Gasteiger partial charge >= 0.3 is 0 Å². The topological polar surface area (TPSA) is 43.1 Å². The Morgan fingerprint density at radius 1 is 1.13 bits per heavy atom. The number of primary amides is 1. The SMILES string of the molecule is NC(=O)[C@H]1CCc2cc3c(cc21)CCC3. The van der Waals surface area contributed by atoms with Gasteiger partial charge in [-0.1, -0.05) is 12.1 Å². The van der Waals surface area contributed by atoms with Crippen LogP contribution in [0.1, 0.15) is 41.0 Å². The lowest BCUT2D eigenvalue weighted by Gasteiger charge is -2.09. The van der Waals surface area contributed by atoms with Crippen molar-refractivity contribution in [3.63, 3.8) is 0 Å². The maximum Gasteiger partial charge on any atom is 0.224 e. The number of fused-ring (bicyclic) bond motifs is 2. The summed E-state index contributed by atoms with van der Waals surface area (Å²) < 4.78 is 0. The van der Waals surface area contributed by atoms with Gasteiger partial charge in [0, 0.05) is 0 Å². The van der Waals surface area contributed by atoms with E-state index in [9.17, 15) is 4.79 Å². The average molecular weight is 201 g/mol. The highest BCUT2D eigenvalue weighted by Crippen LogP contribution is 2.37. The maximum absolute atomic E-state index is 11.3. The molecule has 0 heterocycles. The predicted molar refractivity (Wildman–Crippen MR) is 58.7 cm³/mol. The van der Waals surface area contributed by atoms with Crippen molar-refractivity contribution in [2.75, 3.05) is 0 Å². The molecule has 3 rings (SSSR count). The summed E-state index contributed by atoms with van der Waals surface area (Å²) in [6, 6.07) is 4.54. The van der Waals surface area contributed by atoms with Gasteiger partial charge in [-0.3, -0.25) is 4.79 Å². The Kier molecular flexibility index (Phi) is 1.84. The third kappa shape index (κ3) is 1.28. The molecule has 2 heteroatoms. The monoisotopic (exact) mass is 201 g/mol. The standard InChI is InChI=1S/C13H15NO/c14-13(15)11-5-4-10-6-8-2-1-3-9(8)7-12(10)11/h6-7,11H,1-5H2,(H2,14,15)/t11-/m0/s1. The van der Waals surface area contributed by atoms with Crippen molar-refractivity contribution in [1.29, 1.82) is 0 Å². The molecule has 2 N–H and O–H groups in total. The summed E-state index contributed by atoms with van der Waals surface area (Å²) in [5.74, 6) is -0.183. The van der Waals surface area contributed by atoms with Crippen LogP contribution in [0.25, 0.3) is 0 Å². The Morgan fingerprint density at radius 3 is 2.60 bits per heavy atom. The zero-order valence-electron chi connectivity index (χ0n) is 8.75. The van der Waals surface area contributed by atoms with Gasteiger partial charge in [0.2, 0.25) is 5.91 Å². The molecule has 1 aromatic rings. The zero-order chi connectivity index (χ0) is 10.4. The van der Waals surface area contributed by atoms with Crippen LogP contribution in [0.5, 0.6) is 0 Å². The zero-order valence-corrected chi connectivity index (χ0v) is 8.75. The van der Waals surface area contributed by atoms with Crippen molar-refractivity contribution in [3.05, 3.63) is 34.4 Å². The molecule has 1 amide bonds. The molecule has 1 atom stereocenters. The molecule has 2 nitrogen and oxygen atoms in total. The minimum atomic E-state index is -0.160. The Labute approximate surface area is 89.5 Å². The Balaban J connectivity index is 2.10. The summed E-state index contributed by atoms with van der Waals surface area (Å²) in [4.78, 5) is 11.3. The second-order valence-electron chi connectivity index (χ2n) is 4.67. The molecule has 0 spiro atoms. The number of rotatable bonds is 1. The average Bonchev–Trinajstić information content (AvgIpc) is 2.77. The molecule has 0 saturated heterocycles. The highest BCUT2D eigenvalue weighted by Gasteiger charge is 2.28. The van der Waals surface area contributed by atoms with Crippen molar-refractivity contribution in [3.8, 4) is 0 Å². The van der Waals surface area contributed by atoms with Gasteiger partial charge in [0.25, 0.3) is 0 Å². The fraction of sp³-hybridized carbons (Fsp3) is 0.462. The molecule has 0 saturated carbocycles. The fourth-order valence-electron chi connectivity index (χ4n) is 2.99. The number of carbonyl (C=O) groups is 1. The second-order valence-corrected chi connectivity index (χ2v) is 4.67. The van der Waals surface area contributed by atoms with E-state index in [0.717, 1.165) is 12.8 Å². The van der Waals surface area contributed by atoms with E-state index in [-0.39, 0.29) is 11.8 Å². The van der Waals surface area contributed by atoms with E-state index in [2.05, 4.69) is 12.1 Å². The molecule has 2 aliphatic carbocycles. The van der Waals surface area contributed by atoms with E-state index in [4.69, 9.17) is 5.73 Å². The lowest BCUT2D eigenvalue weighted by Crippen LogP contribution is -2.19. The van der Waals surface area contributed by atoms with Gasteiger partial charge < -0.3 is 5.73 Å². The van der Waals surface area contributed by atoms with Gasteiger partial charge in [-0.15, -0.1) is 0 Å². The minimum Gasteiger partial charge on any atom is -0.369 e. The lowest BCUT2D eigenvalue weighted by molar-refractivity contribution is -0.119. The Morgan fingerprint density at radius 2 is 1.87 bits per heavy atom. The highest BCUT2D eigenvalue weighted by atomic mass is 16.1. The molecular formula is C13H15NO. The van der Waals surface area contributed by atoms with Gasteiger partial charge in [0.1, 0.15) is 0 Å². The van der Waals surface area contributed by atoms with Crippen LogP contribution in [0.15, 0.2) is 12.1 Å². The first-order valence-corrected chi connectivity index (χ1v) is 5.69. The number of carbonyl (C=O) groups excluding carboxylic acids is 1. The van der Waals surface area contributed by atoms with Crippen LogP contribution in [0, 0.1) is 0 Å². The first-order valence-electron chi connectivity index (χ1n) is 5.69. The van der Waals surface area contributed by atoms with Crippen molar-refractivity contribution in [2.45, 2.75) is 38.0 Å². The quantitative estimate of drug-likeness (QED) is 0.738. The van der Waals surface area contributed by atoms with Gasteiger partial charge in [-0.2, -0.15) is 0 Å². The summed E-state index contributed by atoms with van der Waals surface area (Å²) >= 11 is 0. The summed E-state index contributed by atoms with van der Waals surface area (Å²) in [5, 5.41) is 0. The van der Waals surface area contributed by atoms with Crippen LogP contribution in [-0.4, -0.2) is 5.91 Å².